The van der Waals surface area contributed by atoms with Gasteiger partial charge in [0, 0.05) is 5.69 Å². The highest BCUT2D eigenvalue weighted by atomic mass is 35.5. The molecule has 0 aliphatic carbocycles. The molecule has 0 unspecified atom stereocenters. The highest BCUT2D eigenvalue weighted by Gasteiger charge is 2.14. The highest BCUT2D eigenvalue weighted by molar-refractivity contribution is 7.19. The quantitative estimate of drug-likeness (QED) is 0.733. The summed E-state index contributed by atoms with van der Waals surface area (Å²) in [6.45, 7) is 4.09. The molecule has 3 nitrogen and oxygen atoms in total. The van der Waals surface area contributed by atoms with Crippen molar-refractivity contribution >= 4 is 34.4 Å². The first-order valence-corrected chi connectivity index (χ1v) is 6.76. The van der Waals surface area contributed by atoms with Crippen LogP contribution in [0.1, 0.15) is 11.3 Å². The van der Waals surface area contributed by atoms with Crippen LogP contribution >= 0.6 is 22.9 Å². The lowest BCUT2D eigenvalue weighted by atomic mass is 10.2. The van der Waals surface area contributed by atoms with Crippen molar-refractivity contribution < 1.29 is 0 Å². The molecule has 2 N–H and O–H groups in total. The lowest BCUT2D eigenvalue weighted by Gasteiger charge is -2.03. The summed E-state index contributed by atoms with van der Waals surface area (Å²) in [6.07, 6.45) is 0. The summed E-state index contributed by atoms with van der Waals surface area (Å²) in [5, 5.41) is 0. The summed E-state index contributed by atoms with van der Waals surface area (Å²) >= 11 is 7.45. The molecule has 0 amide bonds. The van der Waals surface area contributed by atoms with Gasteiger partial charge in [0.1, 0.15) is 17.2 Å². The van der Waals surface area contributed by atoms with E-state index >= 15 is 0 Å². The molecule has 0 saturated heterocycles. The number of imidazole rings is 1. The van der Waals surface area contributed by atoms with E-state index in [0.717, 1.165) is 26.2 Å². The number of aryl methyl sites for hydroxylation is 2. The van der Waals surface area contributed by atoms with Gasteiger partial charge in [-0.3, -0.25) is 4.40 Å². The minimum Gasteiger partial charge on any atom is -0.383 e. The van der Waals surface area contributed by atoms with Crippen molar-refractivity contribution in [3.05, 3.63) is 39.9 Å². The number of anilines is 1. The Labute approximate surface area is 114 Å². The normalized spacial score (nSPS) is 11.3. The van der Waals surface area contributed by atoms with E-state index in [4.69, 9.17) is 17.3 Å². The maximum atomic E-state index is 6.20. The average Bonchev–Trinajstić information content (AvgIpc) is 2.83. The van der Waals surface area contributed by atoms with Gasteiger partial charge in [-0.15, -0.1) is 11.3 Å². The maximum Gasteiger partial charge on any atom is 0.139 e. The number of fused-ring (bicyclic) bond motifs is 1. The van der Waals surface area contributed by atoms with Gasteiger partial charge in [0.05, 0.1) is 9.21 Å². The van der Waals surface area contributed by atoms with E-state index in [0.29, 0.717) is 5.82 Å². The Morgan fingerprint density at radius 3 is 2.72 bits per heavy atom. The second-order valence-electron chi connectivity index (χ2n) is 4.32. The average molecular weight is 278 g/mol. The molecule has 0 fully saturated rings. The van der Waals surface area contributed by atoms with E-state index in [1.807, 2.05) is 29.5 Å². The molecular formula is C13H12ClN3S. The topological polar surface area (TPSA) is 43.3 Å². The van der Waals surface area contributed by atoms with Crippen molar-refractivity contribution in [3.63, 3.8) is 0 Å². The Morgan fingerprint density at radius 1 is 1.28 bits per heavy atom. The highest BCUT2D eigenvalue weighted by Crippen LogP contribution is 2.34. The minimum absolute atomic E-state index is 0.668. The molecule has 0 spiro atoms. The van der Waals surface area contributed by atoms with Crippen LogP contribution in [0.25, 0.3) is 16.2 Å². The summed E-state index contributed by atoms with van der Waals surface area (Å²) in [4.78, 5) is 5.61. The summed E-state index contributed by atoms with van der Waals surface area (Å²) in [5.74, 6) is 0.668. The predicted octanol–water partition coefficient (Wildman–Crippen LogP) is 3.92. The lowest BCUT2D eigenvalue weighted by molar-refractivity contribution is 1.09. The molecule has 0 atom stereocenters. The summed E-state index contributed by atoms with van der Waals surface area (Å²) in [6, 6.07) is 7.94. The molecule has 92 valence electrons. The van der Waals surface area contributed by atoms with Crippen LogP contribution in [-0.4, -0.2) is 9.38 Å². The standard InChI is InChI=1S/C13H12ClN3S/c1-7-5-8(2)17-11(6-7)16-12(13(17)15)9-3-4-10(14)18-9/h3-6H,15H2,1-2H3. The second-order valence-corrected chi connectivity index (χ2v) is 6.03. The first kappa shape index (κ1) is 11.6. The number of rotatable bonds is 1. The Kier molecular flexibility index (Phi) is 2.57. The van der Waals surface area contributed by atoms with Gasteiger partial charge in [-0.1, -0.05) is 11.6 Å². The molecule has 3 aromatic rings. The fourth-order valence-corrected chi connectivity index (χ4v) is 3.22. The van der Waals surface area contributed by atoms with Crippen LogP contribution in [-0.2, 0) is 0 Å². The smallest absolute Gasteiger partial charge is 0.139 e. The van der Waals surface area contributed by atoms with Gasteiger partial charge in [0.25, 0.3) is 0 Å². The third-order valence-corrected chi connectivity index (χ3v) is 4.13. The number of hydrogen-bond donors (Lipinski definition) is 1. The van der Waals surface area contributed by atoms with Gasteiger partial charge in [0.2, 0.25) is 0 Å². The van der Waals surface area contributed by atoms with Crippen LogP contribution in [0.3, 0.4) is 0 Å². The Balaban J connectivity index is 2.32. The van der Waals surface area contributed by atoms with Gasteiger partial charge in [-0.25, -0.2) is 4.98 Å². The Bertz CT molecular complexity index is 742. The van der Waals surface area contributed by atoms with E-state index in [9.17, 15) is 0 Å². The van der Waals surface area contributed by atoms with Gasteiger partial charge in [-0.2, -0.15) is 0 Å². The molecule has 18 heavy (non-hydrogen) atoms. The molecule has 0 aromatic carbocycles. The van der Waals surface area contributed by atoms with Crippen LogP contribution in [0.15, 0.2) is 24.3 Å². The molecule has 3 heterocycles. The molecule has 5 heteroatoms. The first-order chi connectivity index (χ1) is 8.56. The molecule has 0 aliphatic rings. The van der Waals surface area contributed by atoms with Crippen molar-refractivity contribution in [2.75, 3.05) is 5.73 Å². The summed E-state index contributed by atoms with van der Waals surface area (Å²) in [5.41, 5.74) is 10.1. The second kappa shape index (κ2) is 4.00. The molecular weight excluding hydrogens is 266 g/mol. The Hall–Kier alpha value is -1.52. The zero-order valence-corrected chi connectivity index (χ0v) is 11.6. The number of halogens is 1. The van der Waals surface area contributed by atoms with E-state index in [2.05, 4.69) is 18.0 Å². The molecule has 0 saturated carbocycles. The van der Waals surface area contributed by atoms with Crippen molar-refractivity contribution in [1.82, 2.24) is 9.38 Å². The third-order valence-electron chi connectivity index (χ3n) is 2.89. The van der Waals surface area contributed by atoms with E-state index in [1.54, 1.807) is 0 Å². The molecule has 3 aromatic heterocycles. The minimum atomic E-state index is 0.668. The zero-order chi connectivity index (χ0) is 12.9. The van der Waals surface area contributed by atoms with Gasteiger partial charge in [-0.05, 0) is 43.7 Å². The van der Waals surface area contributed by atoms with Crippen LogP contribution in [0.2, 0.25) is 4.34 Å². The lowest BCUT2D eigenvalue weighted by Crippen LogP contribution is -1.98. The molecule has 3 rings (SSSR count). The van der Waals surface area contributed by atoms with Crippen molar-refractivity contribution in [2.45, 2.75) is 13.8 Å². The van der Waals surface area contributed by atoms with Crippen LogP contribution in [0, 0.1) is 13.8 Å². The van der Waals surface area contributed by atoms with E-state index in [1.165, 1.54) is 16.9 Å². The number of thiophene rings is 1. The molecule has 0 aliphatic heterocycles. The fraction of sp³-hybridized carbons (Fsp3) is 0.154. The zero-order valence-electron chi connectivity index (χ0n) is 10.1. The number of hydrogen-bond acceptors (Lipinski definition) is 3. The Morgan fingerprint density at radius 2 is 2.06 bits per heavy atom. The summed E-state index contributed by atoms with van der Waals surface area (Å²) in [7, 11) is 0. The van der Waals surface area contributed by atoms with Crippen LogP contribution in [0.4, 0.5) is 5.82 Å². The van der Waals surface area contributed by atoms with E-state index in [-0.39, 0.29) is 0 Å². The number of aromatic nitrogens is 2. The predicted molar refractivity (Wildman–Crippen MR) is 77.4 cm³/mol. The van der Waals surface area contributed by atoms with Crippen molar-refractivity contribution in [3.8, 4) is 10.6 Å². The number of nitrogen functional groups attached to an aromatic ring is 1. The number of nitrogens with two attached hydrogens (primary N) is 1. The third kappa shape index (κ3) is 1.69. The van der Waals surface area contributed by atoms with Crippen molar-refractivity contribution in [2.24, 2.45) is 0 Å². The van der Waals surface area contributed by atoms with Gasteiger partial charge in [0.15, 0.2) is 0 Å². The van der Waals surface area contributed by atoms with E-state index < -0.39 is 0 Å². The number of nitrogens with zero attached hydrogens (tertiary/aromatic N) is 2. The SMILES string of the molecule is Cc1cc(C)n2c(N)c(-c3ccc(Cl)s3)nc2c1. The van der Waals surface area contributed by atoms with Crippen LogP contribution < -0.4 is 5.73 Å². The largest absolute Gasteiger partial charge is 0.383 e. The van der Waals surface area contributed by atoms with Gasteiger partial charge >= 0.3 is 0 Å². The maximum absolute atomic E-state index is 6.20. The molecule has 0 bridgehead atoms. The molecule has 0 radical (unpaired) electrons. The van der Waals surface area contributed by atoms with Crippen molar-refractivity contribution in [1.29, 1.82) is 0 Å². The van der Waals surface area contributed by atoms with Gasteiger partial charge < -0.3 is 5.73 Å². The summed E-state index contributed by atoms with van der Waals surface area (Å²) < 4.78 is 2.71. The number of pyridine rings is 1. The monoisotopic (exact) mass is 277 g/mol. The fourth-order valence-electron chi connectivity index (χ4n) is 2.18. The van der Waals surface area contributed by atoms with Crippen LogP contribution in [0.5, 0.6) is 0 Å². The first-order valence-electron chi connectivity index (χ1n) is 5.57.